The van der Waals surface area contributed by atoms with E-state index in [1.54, 1.807) is 29.0 Å². The highest BCUT2D eigenvalue weighted by Crippen LogP contribution is 2.13. The summed E-state index contributed by atoms with van der Waals surface area (Å²) in [6.45, 7) is 1.94. The van der Waals surface area contributed by atoms with Crippen LogP contribution < -0.4 is 4.84 Å². The van der Waals surface area contributed by atoms with Gasteiger partial charge in [-0.3, -0.25) is 0 Å². The van der Waals surface area contributed by atoms with Crippen molar-refractivity contribution in [2.24, 2.45) is 0 Å². The van der Waals surface area contributed by atoms with Gasteiger partial charge in [0.1, 0.15) is 11.1 Å². The van der Waals surface area contributed by atoms with Gasteiger partial charge in [-0.25, -0.2) is 14.3 Å². The molecule has 4 aromatic rings. The number of fused-ring (bicyclic) bond motifs is 2. The van der Waals surface area contributed by atoms with Crippen molar-refractivity contribution in [2.75, 3.05) is 0 Å². The third-order valence-electron chi connectivity index (χ3n) is 3.25. The van der Waals surface area contributed by atoms with E-state index in [4.69, 9.17) is 4.84 Å². The highest BCUT2D eigenvalue weighted by atomic mass is 16.7. The molecule has 0 bridgehead atoms. The molecule has 0 saturated heterocycles. The third kappa shape index (κ3) is 1.89. The highest BCUT2D eigenvalue weighted by molar-refractivity contribution is 5.97. The van der Waals surface area contributed by atoms with Gasteiger partial charge in [0.05, 0.1) is 11.7 Å². The van der Waals surface area contributed by atoms with Crippen LogP contribution in [0.4, 0.5) is 0 Å². The molecule has 0 radical (unpaired) electrons. The zero-order valence-electron chi connectivity index (χ0n) is 11.5. The number of carbonyl (C=O) groups excluding carboxylic acids is 1. The predicted molar refractivity (Wildman–Crippen MR) is 76.2 cm³/mol. The Balaban J connectivity index is 1.73. The van der Waals surface area contributed by atoms with Crippen LogP contribution in [0.2, 0.25) is 0 Å². The Labute approximate surface area is 123 Å². The summed E-state index contributed by atoms with van der Waals surface area (Å²) in [6.07, 6.45) is 4.83. The average Bonchev–Trinajstić information content (AvgIpc) is 3.11. The molecule has 0 amide bonds. The lowest BCUT2D eigenvalue weighted by Crippen LogP contribution is -2.21. The first-order valence-corrected chi connectivity index (χ1v) is 6.55. The summed E-state index contributed by atoms with van der Waals surface area (Å²) in [4.78, 5) is 22.7. The minimum atomic E-state index is -0.571. The summed E-state index contributed by atoms with van der Waals surface area (Å²) < 4.78 is 1.61. The zero-order valence-corrected chi connectivity index (χ0v) is 11.5. The Bertz CT molecular complexity index is 1000. The molecule has 0 atom stereocenters. The second-order valence-electron chi connectivity index (χ2n) is 4.78. The standard InChI is InChI=1S/C14H10N6O2/c1-9-4-6-19-12(7-9)10(8-16-19)14(21)22-20-13-11(17-18-20)3-2-5-15-13/h2-8H,1H3. The van der Waals surface area contributed by atoms with Crippen LogP contribution in [-0.2, 0) is 0 Å². The van der Waals surface area contributed by atoms with Crippen LogP contribution in [-0.4, -0.2) is 35.7 Å². The summed E-state index contributed by atoms with van der Waals surface area (Å²) in [5, 5.41) is 11.8. The van der Waals surface area contributed by atoms with E-state index in [0.717, 1.165) is 10.4 Å². The molecule has 22 heavy (non-hydrogen) atoms. The Kier molecular flexibility index (Phi) is 2.62. The van der Waals surface area contributed by atoms with E-state index in [0.29, 0.717) is 22.2 Å². The van der Waals surface area contributed by atoms with Crippen LogP contribution in [0.25, 0.3) is 16.7 Å². The number of hydrogen-bond donors (Lipinski definition) is 0. The van der Waals surface area contributed by atoms with E-state index in [2.05, 4.69) is 20.4 Å². The van der Waals surface area contributed by atoms with Crippen molar-refractivity contribution in [2.45, 2.75) is 6.92 Å². The SMILES string of the molecule is Cc1ccn2ncc(C(=O)On3nnc4cccnc43)c2c1. The van der Waals surface area contributed by atoms with Crippen LogP contribution in [0.5, 0.6) is 0 Å². The second-order valence-corrected chi connectivity index (χ2v) is 4.78. The van der Waals surface area contributed by atoms with E-state index >= 15 is 0 Å². The molecule has 0 N–H and O–H groups in total. The maximum absolute atomic E-state index is 12.4. The number of aryl methyl sites for hydroxylation is 1. The molecule has 0 fully saturated rings. The molecule has 4 heterocycles. The number of carbonyl (C=O) groups is 1. The van der Waals surface area contributed by atoms with Crippen molar-refractivity contribution < 1.29 is 9.63 Å². The smallest absolute Gasteiger partial charge is 0.310 e. The monoisotopic (exact) mass is 294 g/mol. The molecular weight excluding hydrogens is 284 g/mol. The summed E-state index contributed by atoms with van der Waals surface area (Å²) in [6, 6.07) is 7.24. The molecule has 108 valence electrons. The van der Waals surface area contributed by atoms with Gasteiger partial charge >= 0.3 is 5.97 Å². The largest absolute Gasteiger partial charge is 0.369 e. The first kappa shape index (κ1) is 12.5. The molecule has 0 aliphatic heterocycles. The molecule has 8 nitrogen and oxygen atoms in total. The van der Waals surface area contributed by atoms with Crippen LogP contribution in [0.3, 0.4) is 0 Å². The minimum absolute atomic E-state index is 0.350. The Morgan fingerprint density at radius 3 is 3.14 bits per heavy atom. The fourth-order valence-electron chi connectivity index (χ4n) is 2.18. The zero-order chi connectivity index (χ0) is 15.1. The molecule has 0 spiro atoms. The van der Waals surface area contributed by atoms with Crippen LogP contribution in [0.1, 0.15) is 15.9 Å². The molecule has 0 unspecified atom stereocenters. The van der Waals surface area contributed by atoms with Gasteiger partial charge < -0.3 is 4.84 Å². The maximum atomic E-state index is 12.4. The van der Waals surface area contributed by atoms with E-state index in [-0.39, 0.29) is 0 Å². The number of rotatable bonds is 2. The highest BCUT2D eigenvalue weighted by Gasteiger charge is 2.17. The maximum Gasteiger partial charge on any atom is 0.369 e. The van der Waals surface area contributed by atoms with Crippen LogP contribution >= 0.6 is 0 Å². The van der Waals surface area contributed by atoms with Crippen molar-refractivity contribution in [1.82, 2.24) is 29.8 Å². The topological polar surface area (TPSA) is 87.2 Å². The van der Waals surface area contributed by atoms with Gasteiger partial charge in [-0.15, -0.1) is 5.10 Å². The van der Waals surface area contributed by atoms with E-state index in [1.165, 1.54) is 6.20 Å². The van der Waals surface area contributed by atoms with Crippen LogP contribution in [0, 0.1) is 6.92 Å². The van der Waals surface area contributed by atoms with Crippen molar-refractivity contribution in [3.8, 4) is 0 Å². The normalized spacial score (nSPS) is 11.1. The predicted octanol–water partition coefficient (Wildman–Crippen LogP) is 1.05. The number of aromatic nitrogens is 6. The molecule has 4 rings (SSSR count). The van der Waals surface area contributed by atoms with Crippen LogP contribution in [0.15, 0.2) is 42.9 Å². The van der Waals surface area contributed by atoms with Gasteiger partial charge in [0, 0.05) is 12.4 Å². The van der Waals surface area contributed by atoms with Gasteiger partial charge in [-0.1, -0.05) is 0 Å². The van der Waals surface area contributed by atoms with Gasteiger partial charge in [0.25, 0.3) is 0 Å². The summed E-state index contributed by atoms with van der Waals surface area (Å²) in [5.74, 6) is -0.571. The Morgan fingerprint density at radius 2 is 2.23 bits per heavy atom. The average molecular weight is 294 g/mol. The second kappa shape index (κ2) is 4.62. The summed E-state index contributed by atoms with van der Waals surface area (Å²) >= 11 is 0. The molecule has 0 aromatic carbocycles. The van der Waals surface area contributed by atoms with Gasteiger partial charge in [-0.05, 0) is 46.8 Å². The van der Waals surface area contributed by atoms with Gasteiger partial charge in [0.2, 0.25) is 5.65 Å². The Morgan fingerprint density at radius 1 is 1.32 bits per heavy atom. The van der Waals surface area contributed by atoms with E-state index < -0.39 is 5.97 Å². The fourth-order valence-corrected chi connectivity index (χ4v) is 2.18. The lowest BCUT2D eigenvalue weighted by Gasteiger charge is -2.02. The van der Waals surface area contributed by atoms with Crippen molar-refractivity contribution in [3.05, 3.63) is 54.0 Å². The molecule has 4 aromatic heterocycles. The quantitative estimate of drug-likeness (QED) is 0.514. The van der Waals surface area contributed by atoms with Crippen molar-refractivity contribution in [1.29, 1.82) is 0 Å². The first-order valence-electron chi connectivity index (χ1n) is 6.55. The third-order valence-corrected chi connectivity index (χ3v) is 3.25. The number of pyridine rings is 2. The Hall–Kier alpha value is -3.29. The van der Waals surface area contributed by atoms with E-state index in [1.807, 2.05) is 19.1 Å². The fraction of sp³-hybridized carbons (Fsp3) is 0.0714. The first-order chi connectivity index (χ1) is 10.7. The van der Waals surface area contributed by atoms with Crippen molar-refractivity contribution in [3.63, 3.8) is 0 Å². The molecule has 0 aliphatic rings. The van der Waals surface area contributed by atoms with Gasteiger partial charge in [0.15, 0.2) is 0 Å². The number of nitrogens with zero attached hydrogens (tertiary/aromatic N) is 6. The van der Waals surface area contributed by atoms with E-state index in [9.17, 15) is 4.79 Å². The molecule has 0 aliphatic carbocycles. The number of hydrogen-bond acceptors (Lipinski definition) is 6. The summed E-state index contributed by atoms with van der Waals surface area (Å²) in [7, 11) is 0. The van der Waals surface area contributed by atoms with Gasteiger partial charge in [-0.2, -0.15) is 5.10 Å². The lowest BCUT2D eigenvalue weighted by atomic mass is 10.2. The molecule has 0 saturated carbocycles. The lowest BCUT2D eigenvalue weighted by molar-refractivity contribution is 0.0407. The minimum Gasteiger partial charge on any atom is -0.310 e. The molecular formula is C14H10N6O2. The van der Waals surface area contributed by atoms with Crippen molar-refractivity contribution >= 4 is 22.6 Å². The summed E-state index contributed by atoms with van der Waals surface area (Å²) in [5.41, 5.74) is 2.97. The molecule has 8 heteroatoms.